The van der Waals surface area contributed by atoms with Crippen molar-refractivity contribution in [3.63, 3.8) is 0 Å². The Bertz CT molecular complexity index is 288. The molecular weight excluding hydrogens is 202 g/mol. The summed E-state index contributed by atoms with van der Waals surface area (Å²) in [7, 11) is -3.13. The van der Waals surface area contributed by atoms with E-state index in [4.69, 9.17) is 0 Å². The number of rotatable bonds is 4. The predicted molar refractivity (Wildman–Crippen MR) is 56.0 cm³/mol. The first-order valence-electron chi connectivity index (χ1n) is 5.02. The highest BCUT2D eigenvalue weighted by Gasteiger charge is 2.46. The third kappa shape index (κ3) is 2.46. The van der Waals surface area contributed by atoms with Gasteiger partial charge in [0.1, 0.15) is 0 Å². The largest absolute Gasteiger partial charge is 0.387 e. The normalized spacial score (nSPS) is 33.5. The Balaban J connectivity index is 2.76. The molecule has 2 atom stereocenters. The lowest BCUT2D eigenvalue weighted by atomic mass is 10.0. The second kappa shape index (κ2) is 4.16. The van der Waals surface area contributed by atoms with Crippen molar-refractivity contribution in [3.05, 3.63) is 0 Å². The molecule has 0 aliphatic heterocycles. The maximum absolute atomic E-state index is 11.4. The molecule has 5 heteroatoms. The van der Waals surface area contributed by atoms with Crippen LogP contribution in [0.25, 0.3) is 0 Å². The first kappa shape index (κ1) is 11.9. The number of sulfone groups is 1. The minimum atomic E-state index is -3.13. The van der Waals surface area contributed by atoms with Gasteiger partial charge in [-0.2, -0.15) is 0 Å². The maximum atomic E-state index is 11.4. The van der Waals surface area contributed by atoms with Gasteiger partial charge in [-0.25, -0.2) is 8.42 Å². The van der Waals surface area contributed by atoms with Crippen LogP contribution >= 0.6 is 0 Å². The van der Waals surface area contributed by atoms with Crippen LogP contribution in [0.4, 0.5) is 0 Å². The van der Waals surface area contributed by atoms with E-state index in [1.807, 2.05) is 6.92 Å². The SMILES string of the molecule is CCNCC1(O)CCCC1S(C)(=O)=O. The van der Waals surface area contributed by atoms with Crippen molar-refractivity contribution in [2.45, 2.75) is 37.0 Å². The second-order valence-electron chi connectivity index (χ2n) is 4.09. The highest BCUT2D eigenvalue weighted by molar-refractivity contribution is 7.91. The molecule has 0 spiro atoms. The summed E-state index contributed by atoms with van der Waals surface area (Å²) in [4.78, 5) is 0. The van der Waals surface area contributed by atoms with Crippen LogP contribution in [-0.2, 0) is 9.84 Å². The summed E-state index contributed by atoms with van der Waals surface area (Å²) in [5.41, 5.74) is -1.05. The molecular formula is C9H19NO3S. The molecule has 84 valence electrons. The highest BCUT2D eigenvalue weighted by atomic mass is 32.2. The van der Waals surface area contributed by atoms with Gasteiger partial charge >= 0.3 is 0 Å². The van der Waals surface area contributed by atoms with Gasteiger partial charge in [-0.05, 0) is 25.8 Å². The van der Waals surface area contributed by atoms with Crippen molar-refractivity contribution in [1.29, 1.82) is 0 Å². The van der Waals surface area contributed by atoms with E-state index in [1.165, 1.54) is 6.26 Å². The molecule has 4 nitrogen and oxygen atoms in total. The third-order valence-corrected chi connectivity index (χ3v) is 4.58. The van der Waals surface area contributed by atoms with Gasteiger partial charge in [-0.1, -0.05) is 6.92 Å². The first-order chi connectivity index (χ1) is 6.40. The fourth-order valence-electron chi connectivity index (χ4n) is 2.18. The quantitative estimate of drug-likeness (QED) is 0.697. The van der Waals surface area contributed by atoms with Crippen LogP contribution in [0.5, 0.6) is 0 Å². The van der Waals surface area contributed by atoms with E-state index in [0.717, 1.165) is 13.0 Å². The van der Waals surface area contributed by atoms with Crippen LogP contribution in [0.1, 0.15) is 26.2 Å². The molecule has 0 aromatic rings. The summed E-state index contributed by atoms with van der Waals surface area (Å²) in [6, 6.07) is 0. The summed E-state index contributed by atoms with van der Waals surface area (Å²) >= 11 is 0. The molecule has 1 aliphatic carbocycles. The van der Waals surface area contributed by atoms with Gasteiger partial charge in [0.2, 0.25) is 0 Å². The average Bonchev–Trinajstić information content (AvgIpc) is 2.44. The Hall–Kier alpha value is -0.130. The number of nitrogens with one attached hydrogen (secondary N) is 1. The molecule has 1 aliphatic rings. The highest BCUT2D eigenvalue weighted by Crippen LogP contribution is 2.34. The fourth-order valence-corrected chi connectivity index (χ4v) is 3.77. The number of hydrogen-bond acceptors (Lipinski definition) is 4. The molecule has 2 unspecified atom stereocenters. The lowest BCUT2D eigenvalue weighted by Gasteiger charge is -2.28. The first-order valence-corrected chi connectivity index (χ1v) is 6.97. The minimum absolute atomic E-state index is 0.376. The lowest BCUT2D eigenvalue weighted by Crippen LogP contribution is -2.49. The van der Waals surface area contributed by atoms with Gasteiger partial charge in [0.05, 0.1) is 10.9 Å². The van der Waals surface area contributed by atoms with Crippen molar-refractivity contribution in [3.8, 4) is 0 Å². The van der Waals surface area contributed by atoms with Crippen LogP contribution in [-0.4, -0.2) is 43.7 Å². The number of hydrogen-bond donors (Lipinski definition) is 2. The molecule has 1 fully saturated rings. The van der Waals surface area contributed by atoms with E-state index in [-0.39, 0.29) is 0 Å². The van der Waals surface area contributed by atoms with E-state index in [9.17, 15) is 13.5 Å². The summed E-state index contributed by atoms with van der Waals surface area (Å²) in [6.07, 6.45) is 3.16. The summed E-state index contributed by atoms with van der Waals surface area (Å²) in [6.45, 7) is 3.06. The van der Waals surface area contributed by atoms with Crippen LogP contribution in [0.3, 0.4) is 0 Å². The molecule has 0 aromatic carbocycles. The van der Waals surface area contributed by atoms with Gasteiger partial charge in [-0.15, -0.1) is 0 Å². The molecule has 0 bridgehead atoms. The predicted octanol–water partition coefficient (Wildman–Crippen LogP) is -0.0759. The molecule has 0 amide bonds. The topological polar surface area (TPSA) is 66.4 Å². The Morgan fingerprint density at radius 3 is 2.71 bits per heavy atom. The van der Waals surface area contributed by atoms with E-state index in [2.05, 4.69) is 5.32 Å². The van der Waals surface area contributed by atoms with Crippen molar-refractivity contribution >= 4 is 9.84 Å². The van der Waals surface area contributed by atoms with Crippen LogP contribution in [0, 0.1) is 0 Å². The Kier molecular flexibility index (Phi) is 3.55. The van der Waals surface area contributed by atoms with Gasteiger partial charge in [-0.3, -0.25) is 0 Å². The zero-order valence-corrected chi connectivity index (χ0v) is 9.60. The molecule has 2 N–H and O–H groups in total. The molecule has 0 aromatic heterocycles. The van der Waals surface area contributed by atoms with Crippen molar-refractivity contribution in [2.24, 2.45) is 0 Å². The van der Waals surface area contributed by atoms with Crippen molar-refractivity contribution < 1.29 is 13.5 Å². The molecule has 14 heavy (non-hydrogen) atoms. The zero-order valence-electron chi connectivity index (χ0n) is 8.78. The zero-order chi connectivity index (χ0) is 10.8. The number of aliphatic hydroxyl groups is 1. The summed E-state index contributed by atoms with van der Waals surface area (Å²) in [5, 5.41) is 12.6. The molecule has 1 rings (SSSR count). The van der Waals surface area contributed by atoms with E-state index >= 15 is 0 Å². The average molecular weight is 221 g/mol. The van der Waals surface area contributed by atoms with Gasteiger partial charge in [0, 0.05) is 12.8 Å². The van der Waals surface area contributed by atoms with Crippen LogP contribution < -0.4 is 5.32 Å². The van der Waals surface area contributed by atoms with Crippen molar-refractivity contribution in [1.82, 2.24) is 5.32 Å². The summed E-state index contributed by atoms with van der Waals surface area (Å²) in [5.74, 6) is 0. The standard InChI is InChI=1S/C9H19NO3S/c1-3-10-7-9(11)6-4-5-8(9)14(2,12)13/h8,10-11H,3-7H2,1-2H3. The maximum Gasteiger partial charge on any atom is 0.153 e. The van der Waals surface area contributed by atoms with E-state index in [1.54, 1.807) is 0 Å². The monoisotopic (exact) mass is 221 g/mol. The summed E-state index contributed by atoms with van der Waals surface area (Å²) < 4.78 is 22.8. The van der Waals surface area contributed by atoms with Gasteiger partial charge in [0.15, 0.2) is 9.84 Å². The van der Waals surface area contributed by atoms with E-state index in [0.29, 0.717) is 19.4 Å². The van der Waals surface area contributed by atoms with Gasteiger partial charge in [0.25, 0.3) is 0 Å². The minimum Gasteiger partial charge on any atom is -0.387 e. The third-order valence-electron chi connectivity index (χ3n) is 2.87. The Morgan fingerprint density at radius 1 is 1.57 bits per heavy atom. The Labute approximate surface area is 85.6 Å². The number of likely N-dealkylation sites (N-methyl/N-ethyl adjacent to an activating group) is 1. The molecule has 1 saturated carbocycles. The van der Waals surface area contributed by atoms with Gasteiger partial charge < -0.3 is 10.4 Å². The lowest BCUT2D eigenvalue weighted by molar-refractivity contribution is 0.0514. The second-order valence-corrected chi connectivity index (χ2v) is 6.32. The van der Waals surface area contributed by atoms with Crippen LogP contribution in [0.15, 0.2) is 0 Å². The smallest absolute Gasteiger partial charge is 0.153 e. The van der Waals surface area contributed by atoms with Crippen LogP contribution in [0.2, 0.25) is 0 Å². The molecule has 0 radical (unpaired) electrons. The molecule has 0 heterocycles. The Morgan fingerprint density at radius 2 is 2.21 bits per heavy atom. The van der Waals surface area contributed by atoms with Crippen molar-refractivity contribution in [2.75, 3.05) is 19.3 Å². The fraction of sp³-hybridized carbons (Fsp3) is 1.00. The van der Waals surface area contributed by atoms with E-state index < -0.39 is 20.7 Å². The molecule has 0 saturated heterocycles.